The first-order valence-electron chi connectivity index (χ1n) is 6.40. The molecule has 93 valence electrons. The topological polar surface area (TPSA) is 9.23 Å². The molecule has 0 fully saturated rings. The molecule has 1 heteroatoms. The Kier molecular flexibility index (Phi) is 3.20. The van der Waals surface area contributed by atoms with E-state index in [9.17, 15) is 0 Å². The van der Waals surface area contributed by atoms with Crippen LogP contribution in [-0.2, 0) is 6.42 Å². The van der Waals surface area contributed by atoms with Crippen LogP contribution in [0.15, 0.2) is 66.7 Å². The predicted molar refractivity (Wildman–Crippen MR) is 79.5 cm³/mol. The highest BCUT2D eigenvalue weighted by Crippen LogP contribution is 2.28. The third kappa shape index (κ3) is 2.45. The van der Waals surface area contributed by atoms with Gasteiger partial charge in [-0.2, -0.15) is 0 Å². The first-order valence-corrected chi connectivity index (χ1v) is 6.40. The Hall–Kier alpha value is -2.28. The Bertz CT molecular complexity index is 686. The van der Waals surface area contributed by atoms with Crippen molar-refractivity contribution in [1.29, 1.82) is 0 Å². The Morgan fingerprint density at radius 3 is 2.32 bits per heavy atom. The van der Waals surface area contributed by atoms with E-state index >= 15 is 0 Å². The molecule has 3 aromatic rings. The highest BCUT2D eigenvalue weighted by atomic mass is 16.5. The molecule has 0 atom stereocenters. The first-order chi connectivity index (χ1) is 9.36. The summed E-state index contributed by atoms with van der Waals surface area (Å²) in [6, 6.07) is 22.3. The quantitative estimate of drug-likeness (QED) is 0.632. The summed E-state index contributed by atoms with van der Waals surface area (Å²) in [7, 11) is 0. The van der Waals surface area contributed by atoms with Gasteiger partial charge in [-0.25, -0.2) is 0 Å². The first kappa shape index (κ1) is 11.8. The van der Waals surface area contributed by atoms with Crippen molar-refractivity contribution in [2.24, 2.45) is 0 Å². The molecule has 3 aromatic carbocycles. The maximum Gasteiger partial charge on any atom is 0.128 e. The second kappa shape index (κ2) is 5.15. The molecule has 0 aliphatic carbocycles. The van der Waals surface area contributed by atoms with E-state index in [-0.39, 0.29) is 0 Å². The van der Waals surface area contributed by atoms with E-state index < -0.39 is 0 Å². The molecule has 19 heavy (non-hydrogen) atoms. The summed E-state index contributed by atoms with van der Waals surface area (Å²) in [6.07, 6.45) is 0.756. The van der Waals surface area contributed by atoms with Gasteiger partial charge in [0.15, 0.2) is 0 Å². The number of ether oxygens (including phenoxy) is 1. The normalized spacial score (nSPS) is 10.6. The van der Waals surface area contributed by atoms with Crippen LogP contribution in [0.25, 0.3) is 10.8 Å². The van der Waals surface area contributed by atoms with Crippen LogP contribution in [0.1, 0.15) is 5.56 Å². The SMILES string of the molecule is [CH2]Cc1cc(Oc2ccccc2)cc2ccccc12. The minimum Gasteiger partial charge on any atom is -0.457 e. The molecule has 0 aliphatic heterocycles. The molecule has 0 aliphatic rings. The summed E-state index contributed by atoms with van der Waals surface area (Å²) < 4.78 is 5.90. The zero-order valence-electron chi connectivity index (χ0n) is 10.7. The Morgan fingerprint density at radius 1 is 0.789 bits per heavy atom. The molecule has 0 N–H and O–H groups in total. The smallest absolute Gasteiger partial charge is 0.128 e. The number of rotatable bonds is 3. The minimum absolute atomic E-state index is 0.756. The molecule has 0 bridgehead atoms. The summed E-state index contributed by atoms with van der Waals surface area (Å²) in [6.45, 7) is 4.00. The fourth-order valence-corrected chi connectivity index (χ4v) is 2.25. The number of hydrogen-bond acceptors (Lipinski definition) is 1. The van der Waals surface area contributed by atoms with Crippen molar-refractivity contribution in [2.45, 2.75) is 6.42 Å². The van der Waals surface area contributed by atoms with E-state index in [1.54, 1.807) is 0 Å². The molecular weight excluding hydrogens is 232 g/mol. The largest absolute Gasteiger partial charge is 0.457 e. The third-order valence-corrected chi connectivity index (χ3v) is 3.17. The zero-order valence-corrected chi connectivity index (χ0v) is 10.7. The van der Waals surface area contributed by atoms with Crippen molar-refractivity contribution in [3.63, 3.8) is 0 Å². The van der Waals surface area contributed by atoms with E-state index in [1.165, 1.54) is 16.3 Å². The van der Waals surface area contributed by atoms with Crippen molar-refractivity contribution in [1.82, 2.24) is 0 Å². The Balaban J connectivity index is 2.05. The van der Waals surface area contributed by atoms with Gasteiger partial charge >= 0.3 is 0 Å². The molecule has 0 amide bonds. The van der Waals surface area contributed by atoms with Crippen LogP contribution in [0.5, 0.6) is 11.5 Å². The van der Waals surface area contributed by atoms with Gasteiger partial charge in [-0.1, -0.05) is 42.5 Å². The van der Waals surface area contributed by atoms with Crippen LogP contribution in [-0.4, -0.2) is 0 Å². The van der Waals surface area contributed by atoms with Crippen molar-refractivity contribution >= 4 is 10.8 Å². The van der Waals surface area contributed by atoms with Gasteiger partial charge in [-0.3, -0.25) is 0 Å². The van der Waals surface area contributed by atoms with Gasteiger partial charge < -0.3 is 4.74 Å². The Morgan fingerprint density at radius 2 is 1.53 bits per heavy atom. The number of fused-ring (bicyclic) bond motifs is 1. The molecule has 0 saturated carbocycles. The average Bonchev–Trinajstić information content (AvgIpc) is 2.47. The van der Waals surface area contributed by atoms with E-state index in [2.05, 4.69) is 37.3 Å². The van der Waals surface area contributed by atoms with Crippen molar-refractivity contribution in [3.8, 4) is 11.5 Å². The van der Waals surface area contributed by atoms with E-state index in [0.29, 0.717) is 0 Å². The fourth-order valence-electron chi connectivity index (χ4n) is 2.25. The van der Waals surface area contributed by atoms with Crippen LogP contribution < -0.4 is 4.74 Å². The van der Waals surface area contributed by atoms with Crippen molar-refractivity contribution in [2.75, 3.05) is 0 Å². The third-order valence-electron chi connectivity index (χ3n) is 3.17. The minimum atomic E-state index is 0.756. The summed E-state index contributed by atoms with van der Waals surface area (Å²) in [5.41, 5.74) is 1.21. The monoisotopic (exact) mass is 247 g/mol. The molecule has 0 saturated heterocycles. The highest BCUT2D eigenvalue weighted by molar-refractivity contribution is 5.87. The fraction of sp³-hybridized carbons (Fsp3) is 0.0556. The van der Waals surface area contributed by atoms with E-state index in [1.807, 2.05) is 36.4 Å². The van der Waals surface area contributed by atoms with Gasteiger partial charge in [0.2, 0.25) is 0 Å². The van der Waals surface area contributed by atoms with Crippen molar-refractivity contribution < 1.29 is 4.74 Å². The van der Waals surface area contributed by atoms with Gasteiger partial charge in [0.25, 0.3) is 0 Å². The van der Waals surface area contributed by atoms with Crippen LogP contribution in [0, 0.1) is 6.92 Å². The molecule has 0 aromatic heterocycles. The van der Waals surface area contributed by atoms with Crippen LogP contribution >= 0.6 is 0 Å². The average molecular weight is 247 g/mol. The van der Waals surface area contributed by atoms with Gasteiger partial charge in [-0.05, 0) is 53.9 Å². The lowest BCUT2D eigenvalue weighted by atomic mass is 10.0. The molecule has 1 radical (unpaired) electrons. The lowest BCUT2D eigenvalue weighted by Gasteiger charge is -2.10. The van der Waals surface area contributed by atoms with Crippen LogP contribution in [0.3, 0.4) is 0 Å². The molecule has 0 heterocycles. The van der Waals surface area contributed by atoms with Crippen molar-refractivity contribution in [3.05, 3.63) is 79.2 Å². The van der Waals surface area contributed by atoms with Gasteiger partial charge in [0.05, 0.1) is 0 Å². The second-order valence-corrected chi connectivity index (χ2v) is 4.47. The van der Waals surface area contributed by atoms with E-state index in [4.69, 9.17) is 4.74 Å². The van der Waals surface area contributed by atoms with Crippen LogP contribution in [0.2, 0.25) is 0 Å². The molecule has 0 spiro atoms. The molecule has 3 rings (SSSR count). The highest BCUT2D eigenvalue weighted by Gasteiger charge is 2.04. The van der Waals surface area contributed by atoms with Gasteiger partial charge in [0.1, 0.15) is 11.5 Å². The van der Waals surface area contributed by atoms with Crippen LogP contribution in [0.4, 0.5) is 0 Å². The zero-order chi connectivity index (χ0) is 13.1. The number of hydrogen-bond donors (Lipinski definition) is 0. The molecule has 1 nitrogen and oxygen atoms in total. The predicted octanol–water partition coefficient (Wildman–Crippen LogP) is 5.01. The second-order valence-electron chi connectivity index (χ2n) is 4.47. The number of benzene rings is 3. The summed E-state index contributed by atoms with van der Waals surface area (Å²) in [5, 5.41) is 2.44. The maximum atomic E-state index is 5.90. The van der Waals surface area contributed by atoms with E-state index in [0.717, 1.165) is 17.9 Å². The Labute approximate surface area is 113 Å². The van der Waals surface area contributed by atoms with Gasteiger partial charge in [0, 0.05) is 0 Å². The molecular formula is C18H15O. The lowest BCUT2D eigenvalue weighted by molar-refractivity contribution is 0.483. The summed E-state index contributed by atoms with van der Waals surface area (Å²) in [4.78, 5) is 0. The lowest BCUT2D eigenvalue weighted by Crippen LogP contribution is -1.89. The molecule has 0 unspecified atom stereocenters. The number of para-hydroxylation sites is 1. The maximum absolute atomic E-state index is 5.90. The standard InChI is InChI=1S/C18H15O/c1-2-14-12-17(19-16-9-4-3-5-10-16)13-15-8-6-7-11-18(14)15/h3-13H,1-2H2. The summed E-state index contributed by atoms with van der Waals surface area (Å²) >= 11 is 0. The van der Waals surface area contributed by atoms with Gasteiger partial charge in [-0.15, -0.1) is 0 Å². The summed E-state index contributed by atoms with van der Waals surface area (Å²) in [5.74, 6) is 1.72.